The molecule has 1 nitrogen and oxygen atoms in total. The van der Waals surface area contributed by atoms with Crippen LogP contribution in [0.3, 0.4) is 0 Å². The standard InChI is InChI=1S/C11H23N/c1-10(2,3)8-9(12-7)11(4,5)6/h8H2,1-7H3/b12-9+. The lowest BCUT2D eigenvalue weighted by Crippen LogP contribution is -2.25. The maximum absolute atomic E-state index is 4.36. The van der Waals surface area contributed by atoms with Crippen molar-refractivity contribution in [2.45, 2.75) is 48.0 Å². The molecule has 0 spiro atoms. The van der Waals surface area contributed by atoms with Crippen LogP contribution in [0.5, 0.6) is 0 Å². The molecule has 0 atom stereocenters. The van der Waals surface area contributed by atoms with E-state index in [4.69, 9.17) is 0 Å². The maximum Gasteiger partial charge on any atom is 0.0276 e. The van der Waals surface area contributed by atoms with E-state index in [1.165, 1.54) is 5.71 Å². The van der Waals surface area contributed by atoms with Crippen molar-refractivity contribution < 1.29 is 0 Å². The molecular weight excluding hydrogens is 146 g/mol. The summed E-state index contributed by atoms with van der Waals surface area (Å²) < 4.78 is 0. The molecule has 0 fully saturated rings. The lowest BCUT2D eigenvalue weighted by molar-refractivity contribution is 0.413. The zero-order valence-electron chi connectivity index (χ0n) is 9.65. The predicted molar refractivity (Wildman–Crippen MR) is 56.9 cm³/mol. The van der Waals surface area contributed by atoms with Crippen molar-refractivity contribution in [2.75, 3.05) is 7.05 Å². The Morgan fingerprint density at radius 3 is 1.50 bits per heavy atom. The summed E-state index contributed by atoms with van der Waals surface area (Å²) in [5.41, 5.74) is 1.89. The lowest BCUT2D eigenvalue weighted by atomic mass is 9.79. The van der Waals surface area contributed by atoms with Gasteiger partial charge in [-0.25, -0.2) is 0 Å². The molecule has 72 valence electrons. The molecule has 0 aliphatic heterocycles. The molecule has 0 heterocycles. The van der Waals surface area contributed by atoms with Gasteiger partial charge >= 0.3 is 0 Å². The van der Waals surface area contributed by atoms with Crippen LogP contribution in [0.25, 0.3) is 0 Å². The van der Waals surface area contributed by atoms with Crippen LogP contribution in [0, 0.1) is 10.8 Å². The highest BCUT2D eigenvalue weighted by Gasteiger charge is 2.23. The molecule has 0 aromatic heterocycles. The molecule has 0 aromatic carbocycles. The summed E-state index contributed by atoms with van der Waals surface area (Å²) in [6.07, 6.45) is 1.09. The molecule has 0 aliphatic rings. The Balaban J connectivity index is 4.43. The second-order valence-corrected chi connectivity index (χ2v) is 5.66. The van der Waals surface area contributed by atoms with E-state index in [1.807, 2.05) is 7.05 Å². The Bertz CT molecular complexity index is 164. The molecule has 0 amide bonds. The maximum atomic E-state index is 4.36. The molecule has 0 aromatic rings. The van der Waals surface area contributed by atoms with E-state index in [1.54, 1.807) is 0 Å². The van der Waals surface area contributed by atoms with Crippen molar-refractivity contribution in [3.8, 4) is 0 Å². The van der Waals surface area contributed by atoms with Gasteiger partial charge in [-0.2, -0.15) is 0 Å². The average Bonchev–Trinajstić information content (AvgIpc) is 1.78. The fraction of sp³-hybridized carbons (Fsp3) is 0.909. The molecule has 0 rings (SSSR count). The number of hydrogen-bond acceptors (Lipinski definition) is 1. The van der Waals surface area contributed by atoms with Crippen LogP contribution in [-0.2, 0) is 0 Å². The molecule has 1 heteroatoms. The van der Waals surface area contributed by atoms with E-state index in [0.29, 0.717) is 5.41 Å². The van der Waals surface area contributed by atoms with Gasteiger partial charge in [0.25, 0.3) is 0 Å². The Morgan fingerprint density at radius 2 is 1.42 bits per heavy atom. The molecule has 0 N–H and O–H groups in total. The van der Waals surface area contributed by atoms with Gasteiger partial charge in [-0.15, -0.1) is 0 Å². The number of rotatable bonds is 1. The minimum absolute atomic E-state index is 0.224. The lowest BCUT2D eigenvalue weighted by Gasteiger charge is -2.27. The molecule has 0 radical (unpaired) electrons. The zero-order valence-corrected chi connectivity index (χ0v) is 9.65. The average molecular weight is 169 g/mol. The highest BCUT2D eigenvalue weighted by atomic mass is 14.7. The fourth-order valence-electron chi connectivity index (χ4n) is 1.18. The third-order valence-electron chi connectivity index (χ3n) is 1.83. The van der Waals surface area contributed by atoms with Crippen LogP contribution in [-0.4, -0.2) is 12.8 Å². The highest BCUT2D eigenvalue weighted by Crippen LogP contribution is 2.27. The van der Waals surface area contributed by atoms with Gasteiger partial charge in [-0.05, 0) is 17.3 Å². The number of hydrogen-bond donors (Lipinski definition) is 0. The van der Waals surface area contributed by atoms with E-state index >= 15 is 0 Å². The van der Waals surface area contributed by atoms with E-state index in [2.05, 4.69) is 46.5 Å². The Hall–Kier alpha value is -0.330. The van der Waals surface area contributed by atoms with E-state index in [0.717, 1.165) is 6.42 Å². The predicted octanol–water partition coefficient (Wildman–Crippen LogP) is 3.54. The van der Waals surface area contributed by atoms with Crippen LogP contribution in [0.4, 0.5) is 0 Å². The Labute approximate surface area is 77.3 Å². The molecule has 0 aliphatic carbocycles. The summed E-state index contributed by atoms with van der Waals surface area (Å²) in [7, 11) is 1.90. The largest absolute Gasteiger partial charge is 0.297 e. The Kier molecular flexibility index (Phi) is 3.49. The van der Waals surface area contributed by atoms with Crippen LogP contribution in [0.1, 0.15) is 48.0 Å². The smallest absolute Gasteiger partial charge is 0.0276 e. The summed E-state index contributed by atoms with van der Waals surface area (Å²) in [5, 5.41) is 0. The molecule has 0 unspecified atom stereocenters. The second-order valence-electron chi connectivity index (χ2n) is 5.66. The molecule has 0 bridgehead atoms. The second kappa shape index (κ2) is 3.59. The van der Waals surface area contributed by atoms with Crippen molar-refractivity contribution in [3.05, 3.63) is 0 Å². The summed E-state index contributed by atoms with van der Waals surface area (Å²) >= 11 is 0. The van der Waals surface area contributed by atoms with Crippen molar-refractivity contribution in [1.29, 1.82) is 0 Å². The molecule has 0 saturated heterocycles. The summed E-state index contributed by atoms with van der Waals surface area (Å²) in [6, 6.07) is 0. The van der Waals surface area contributed by atoms with Crippen LogP contribution in [0.15, 0.2) is 4.99 Å². The van der Waals surface area contributed by atoms with Gasteiger partial charge < -0.3 is 0 Å². The zero-order chi connectivity index (χ0) is 9.99. The topological polar surface area (TPSA) is 12.4 Å². The van der Waals surface area contributed by atoms with E-state index < -0.39 is 0 Å². The first-order valence-corrected chi connectivity index (χ1v) is 4.63. The van der Waals surface area contributed by atoms with Crippen LogP contribution < -0.4 is 0 Å². The number of nitrogens with zero attached hydrogens (tertiary/aromatic N) is 1. The summed E-state index contributed by atoms with van der Waals surface area (Å²) in [5.74, 6) is 0. The normalized spacial score (nSPS) is 15.1. The minimum atomic E-state index is 0.224. The quantitative estimate of drug-likeness (QED) is 0.532. The molecule has 12 heavy (non-hydrogen) atoms. The van der Waals surface area contributed by atoms with Gasteiger partial charge in [0.05, 0.1) is 0 Å². The van der Waals surface area contributed by atoms with Gasteiger partial charge in [0, 0.05) is 12.8 Å². The van der Waals surface area contributed by atoms with Gasteiger partial charge in [-0.1, -0.05) is 41.5 Å². The van der Waals surface area contributed by atoms with Gasteiger partial charge in [-0.3, -0.25) is 4.99 Å². The van der Waals surface area contributed by atoms with Gasteiger partial charge in [0.2, 0.25) is 0 Å². The fourth-order valence-corrected chi connectivity index (χ4v) is 1.18. The number of aliphatic imine (C=N–C) groups is 1. The van der Waals surface area contributed by atoms with Gasteiger partial charge in [0.1, 0.15) is 0 Å². The minimum Gasteiger partial charge on any atom is -0.297 e. The highest BCUT2D eigenvalue weighted by molar-refractivity contribution is 5.89. The van der Waals surface area contributed by atoms with Crippen molar-refractivity contribution >= 4 is 5.71 Å². The van der Waals surface area contributed by atoms with Crippen LogP contribution in [0.2, 0.25) is 0 Å². The van der Waals surface area contributed by atoms with Crippen molar-refractivity contribution in [2.24, 2.45) is 15.8 Å². The van der Waals surface area contributed by atoms with E-state index in [9.17, 15) is 0 Å². The van der Waals surface area contributed by atoms with Crippen molar-refractivity contribution in [1.82, 2.24) is 0 Å². The molecule has 0 saturated carbocycles. The first-order valence-electron chi connectivity index (χ1n) is 4.63. The van der Waals surface area contributed by atoms with Crippen LogP contribution >= 0.6 is 0 Å². The third-order valence-corrected chi connectivity index (χ3v) is 1.83. The SMILES string of the molecule is C/N=C(\CC(C)(C)C)C(C)(C)C. The first kappa shape index (κ1) is 11.7. The Morgan fingerprint density at radius 1 is 1.00 bits per heavy atom. The van der Waals surface area contributed by atoms with Gasteiger partial charge in [0.15, 0.2) is 0 Å². The van der Waals surface area contributed by atoms with Crippen molar-refractivity contribution in [3.63, 3.8) is 0 Å². The summed E-state index contributed by atoms with van der Waals surface area (Å²) in [4.78, 5) is 4.36. The van der Waals surface area contributed by atoms with E-state index in [-0.39, 0.29) is 5.41 Å². The molecular formula is C11H23N. The summed E-state index contributed by atoms with van der Waals surface area (Å²) in [6.45, 7) is 13.4. The third kappa shape index (κ3) is 4.53. The first-order chi connectivity index (χ1) is 5.17. The monoisotopic (exact) mass is 169 g/mol.